The highest BCUT2D eigenvalue weighted by molar-refractivity contribution is 5.68. The minimum Gasteiger partial charge on any atom is -0.453 e. The van der Waals surface area contributed by atoms with Crippen molar-refractivity contribution in [2.45, 2.75) is 25.8 Å². The maximum atomic E-state index is 11.2. The number of hydrogen-bond donors (Lipinski definition) is 0. The number of amides is 1. The summed E-state index contributed by atoms with van der Waals surface area (Å²) in [6, 6.07) is 2.33. The molecule has 4 heteroatoms. The number of carbonyl (C=O) groups is 1. The summed E-state index contributed by atoms with van der Waals surface area (Å²) in [6.07, 6.45) is 1.15. The number of ether oxygens (including phenoxy) is 1. The molecule has 0 spiro atoms. The lowest BCUT2D eigenvalue weighted by Gasteiger charge is -2.19. The summed E-state index contributed by atoms with van der Waals surface area (Å²) in [5, 5.41) is 8.51. The van der Waals surface area contributed by atoms with Gasteiger partial charge in [-0.2, -0.15) is 5.26 Å². The lowest BCUT2D eigenvalue weighted by molar-refractivity contribution is 0.120. The third kappa shape index (κ3) is 2.11. The molecule has 0 N–H and O–H groups in total. The van der Waals surface area contributed by atoms with Crippen molar-refractivity contribution >= 4 is 6.09 Å². The standard InChI is InChI=1S/C9H14N2O2/c1-7-5-8(3-4-10)6-11(7)9(12)13-2/h7-8H,3,5-6H2,1-2H3. The Bertz CT molecular complexity index is 234. The SMILES string of the molecule is COC(=O)N1CC(CC#N)CC1C. The molecule has 4 nitrogen and oxygen atoms in total. The average molecular weight is 182 g/mol. The highest BCUT2D eigenvalue weighted by Crippen LogP contribution is 2.25. The van der Waals surface area contributed by atoms with Crippen molar-refractivity contribution in [3.05, 3.63) is 0 Å². The number of hydrogen-bond acceptors (Lipinski definition) is 3. The third-order valence-electron chi connectivity index (χ3n) is 2.45. The monoisotopic (exact) mass is 182 g/mol. The van der Waals surface area contributed by atoms with Crippen molar-refractivity contribution < 1.29 is 9.53 Å². The second-order valence-corrected chi connectivity index (χ2v) is 3.44. The molecule has 1 heterocycles. The molecular weight excluding hydrogens is 168 g/mol. The molecule has 0 aromatic heterocycles. The van der Waals surface area contributed by atoms with Crippen LogP contribution in [-0.2, 0) is 4.74 Å². The van der Waals surface area contributed by atoms with Crippen LogP contribution >= 0.6 is 0 Å². The van der Waals surface area contributed by atoms with Crippen LogP contribution in [0.3, 0.4) is 0 Å². The zero-order chi connectivity index (χ0) is 9.84. The van der Waals surface area contributed by atoms with Gasteiger partial charge in [0.25, 0.3) is 0 Å². The minimum absolute atomic E-state index is 0.200. The first-order valence-electron chi connectivity index (χ1n) is 4.40. The van der Waals surface area contributed by atoms with Crippen LogP contribution in [0.25, 0.3) is 0 Å². The predicted molar refractivity (Wildman–Crippen MR) is 46.9 cm³/mol. The number of methoxy groups -OCH3 is 1. The molecule has 0 bridgehead atoms. The van der Waals surface area contributed by atoms with Crippen molar-refractivity contribution in [3.8, 4) is 6.07 Å². The van der Waals surface area contributed by atoms with Crippen molar-refractivity contribution in [2.75, 3.05) is 13.7 Å². The fourth-order valence-corrected chi connectivity index (χ4v) is 1.79. The molecule has 0 aromatic rings. The van der Waals surface area contributed by atoms with Crippen molar-refractivity contribution in [1.29, 1.82) is 5.26 Å². The molecule has 1 fully saturated rings. The number of rotatable bonds is 1. The summed E-state index contributed by atoms with van der Waals surface area (Å²) in [6.45, 7) is 2.63. The number of nitriles is 1. The topological polar surface area (TPSA) is 53.3 Å². The van der Waals surface area contributed by atoms with Gasteiger partial charge >= 0.3 is 6.09 Å². The highest BCUT2D eigenvalue weighted by atomic mass is 16.5. The molecule has 2 unspecified atom stereocenters. The Morgan fingerprint density at radius 2 is 2.46 bits per heavy atom. The van der Waals surface area contributed by atoms with E-state index in [1.165, 1.54) is 7.11 Å². The first kappa shape index (κ1) is 9.85. The van der Waals surface area contributed by atoms with E-state index < -0.39 is 0 Å². The molecule has 0 aromatic carbocycles. The summed E-state index contributed by atoms with van der Waals surface area (Å²) in [4.78, 5) is 12.9. The van der Waals surface area contributed by atoms with Gasteiger partial charge in [-0.3, -0.25) is 0 Å². The van der Waals surface area contributed by atoms with E-state index in [1.54, 1.807) is 4.90 Å². The van der Waals surface area contributed by atoms with Crippen LogP contribution in [0.5, 0.6) is 0 Å². The molecule has 13 heavy (non-hydrogen) atoms. The molecule has 0 aliphatic carbocycles. The van der Waals surface area contributed by atoms with E-state index in [0.29, 0.717) is 18.9 Å². The first-order valence-corrected chi connectivity index (χ1v) is 4.40. The molecule has 0 radical (unpaired) electrons. The average Bonchev–Trinajstić information content (AvgIpc) is 2.46. The summed E-state index contributed by atoms with van der Waals surface area (Å²) in [7, 11) is 1.38. The van der Waals surface area contributed by atoms with Crippen LogP contribution in [-0.4, -0.2) is 30.7 Å². The second kappa shape index (κ2) is 4.13. The van der Waals surface area contributed by atoms with Crippen molar-refractivity contribution in [3.63, 3.8) is 0 Å². The van der Waals surface area contributed by atoms with Crippen molar-refractivity contribution in [2.24, 2.45) is 5.92 Å². The van der Waals surface area contributed by atoms with E-state index in [9.17, 15) is 4.79 Å². The number of likely N-dealkylation sites (tertiary alicyclic amines) is 1. The largest absolute Gasteiger partial charge is 0.453 e. The maximum absolute atomic E-state index is 11.2. The molecule has 0 saturated carbocycles. The summed E-state index contributed by atoms with van der Waals surface area (Å²) < 4.78 is 4.64. The van der Waals surface area contributed by atoms with E-state index in [2.05, 4.69) is 10.8 Å². The molecule has 1 rings (SSSR count). The fourth-order valence-electron chi connectivity index (χ4n) is 1.79. The third-order valence-corrected chi connectivity index (χ3v) is 2.45. The molecule has 1 amide bonds. The van der Waals surface area contributed by atoms with Crippen LogP contribution in [0.15, 0.2) is 0 Å². The highest BCUT2D eigenvalue weighted by Gasteiger charge is 2.32. The molecule has 72 valence electrons. The zero-order valence-electron chi connectivity index (χ0n) is 7.99. The lowest BCUT2D eigenvalue weighted by atomic mass is 10.0. The van der Waals surface area contributed by atoms with E-state index >= 15 is 0 Å². The second-order valence-electron chi connectivity index (χ2n) is 3.44. The van der Waals surface area contributed by atoms with Gasteiger partial charge in [-0.25, -0.2) is 4.79 Å². The van der Waals surface area contributed by atoms with Gasteiger partial charge in [0, 0.05) is 19.0 Å². The van der Waals surface area contributed by atoms with Gasteiger partial charge in [0.05, 0.1) is 13.2 Å². The molecule has 1 aliphatic rings. The number of nitrogens with zero attached hydrogens (tertiary/aromatic N) is 2. The molecule has 1 aliphatic heterocycles. The fraction of sp³-hybridized carbons (Fsp3) is 0.778. The molecule has 2 atom stereocenters. The van der Waals surface area contributed by atoms with Gasteiger partial charge in [0.2, 0.25) is 0 Å². The minimum atomic E-state index is -0.284. The van der Waals surface area contributed by atoms with E-state index in [-0.39, 0.29) is 12.1 Å². The van der Waals surface area contributed by atoms with E-state index in [0.717, 1.165) is 6.42 Å². The van der Waals surface area contributed by atoms with Gasteiger partial charge < -0.3 is 9.64 Å². The smallest absolute Gasteiger partial charge is 0.409 e. The van der Waals surface area contributed by atoms with Gasteiger partial charge in [0.1, 0.15) is 0 Å². The Hall–Kier alpha value is -1.24. The van der Waals surface area contributed by atoms with Gasteiger partial charge in [-0.05, 0) is 19.3 Å². The van der Waals surface area contributed by atoms with Crippen LogP contribution in [0.2, 0.25) is 0 Å². The summed E-state index contributed by atoms with van der Waals surface area (Å²) in [5.74, 6) is 0.319. The number of carbonyl (C=O) groups excluding carboxylic acids is 1. The summed E-state index contributed by atoms with van der Waals surface area (Å²) >= 11 is 0. The van der Waals surface area contributed by atoms with Crippen LogP contribution in [0.4, 0.5) is 4.79 Å². The Morgan fingerprint density at radius 1 is 1.77 bits per heavy atom. The zero-order valence-corrected chi connectivity index (χ0v) is 7.99. The first-order chi connectivity index (χ1) is 6.19. The summed E-state index contributed by atoms with van der Waals surface area (Å²) in [5.41, 5.74) is 0. The Balaban J connectivity index is 2.52. The molecular formula is C9H14N2O2. The Morgan fingerprint density at radius 3 is 3.00 bits per heavy atom. The molecule has 1 saturated heterocycles. The van der Waals surface area contributed by atoms with Crippen LogP contribution in [0, 0.1) is 17.2 Å². The van der Waals surface area contributed by atoms with Gasteiger partial charge in [0.15, 0.2) is 0 Å². The Labute approximate surface area is 78.1 Å². The maximum Gasteiger partial charge on any atom is 0.409 e. The predicted octanol–water partition coefficient (Wildman–Crippen LogP) is 1.38. The Kier molecular flexibility index (Phi) is 3.13. The van der Waals surface area contributed by atoms with Gasteiger partial charge in [-0.1, -0.05) is 0 Å². The van der Waals surface area contributed by atoms with Crippen molar-refractivity contribution in [1.82, 2.24) is 4.90 Å². The van der Waals surface area contributed by atoms with Crippen LogP contribution in [0.1, 0.15) is 19.8 Å². The normalized spacial score (nSPS) is 27.0. The lowest BCUT2D eigenvalue weighted by Crippen LogP contribution is -2.33. The van der Waals surface area contributed by atoms with Gasteiger partial charge in [-0.15, -0.1) is 0 Å². The van der Waals surface area contributed by atoms with E-state index in [4.69, 9.17) is 5.26 Å². The van der Waals surface area contributed by atoms with E-state index in [1.807, 2.05) is 6.92 Å². The van der Waals surface area contributed by atoms with Crippen LogP contribution < -0.4 is 0 Å². The quantitative estimate of drug-likeness (QED) is 0.615.